The van der Waals surface area contributed by atoms with Crippen molar-refractivity contribution in [3.8, 4) is 11.1 Å². The SMILES string of the molecule is Cc1cccc(-c2c(C(F)(F)F)nn(C)c2N)c1. The topological polar surface area (TPSA) is 43.8 Å². The Balaban J connectivity index is 2.70. The summed E-state index contributed by atoms with van der Waals surface area (Å²) in [6.07, 6.45) is -4.52. The second kappa shape index (κ2) is 4.04. The van der Waals surface area contributed by atoms with Gasteiger partial charge in [0, 0.05) is 7.05 Å². The van der Waals surface area contributed by atoms with Crippen LogP contribution >= 0.6 is 0 Å². The van der Waals surface area contributed by atoms with E-state index in [4.69, 9.17) is 5.73 Å². The van der Waals surface area contributed by atoms with E-state index >= 15 is 0 Å². The number of alkyl halides is 3. The van der Waals surface area contributed by atoms with Crippen molar-refractivity contribution >= 4 is 5.82 Å². The fourth-order valence-corrected chi connectivity index (χ4v) is 1.82. The van der Waals surface area contributed by atoms with Crippen LogP contribution in [0.15, 0.2) is 24.3 Å². The molecule has 0 aliphatic rings. The molecule has 0 saturated heterocycles. The van der Waals surface area contributed by atoms with Crippen LogP contribution in [0.3, 0.4) is 0 Å². The Morgan fingerprint density at radius 2 is 1.94 bits per heavy atom. The van der Waals surface area contributed by atoms with Crippen molar-refractivity contribution in [2.75, 3.05) is 5.73 Å². The van der Waals surface area contributed by atoms with Crippen molar-refractivity contribution in [2.45, 2.75) is 13.1 Å². The molecule has 0 aliphatic heterocycles. The van der Waals surface area contributed by atoms with Gasteiger partial charge in [-0.1, -0.05) is 29.8 Å². The van der Waals surface area contributed by atoms with E-state index in [1.165, 1.54) is 7.05 Å². The minimum atomic E-state index is -4.52. The van der Waals surface area contributed by atoms with Crippen LogP contribution in [0.2, 0.25) is 0 Å². The summed E-state index contributed by atoms with van der Waals surface area (Å²) in [5, 5.41) is 3.45. The van der Waals surface area contributed by atoms with Crippen LogP contribution in [0.5, 0.6) is 0 Å². The molecule has 2 N–H and O–H groups in total. The average molecular weight is 255 g/mol. The molecule has 1 aromatic heterocycles. The zero-order valence-electron chi connectivity index (χ0n) is 9.92. The Morgan fingerprint density at radius 3 is 2.50 bits per heavy atom. The van der Waals surface area contributed by atoms with E-state index < -0.39 is 11.9 Å². The lowest BCUT2D eigenvalue weighted by atomic mass is 10.0. The number of anilines is 1. The molecule has 96 valence electrons. The molecule has 0 amide bonds. The van der Waals surface area contributed by atoms with E-state index in [-0.39, 0.29) is 11.4 Å². The molecule has 18 heavy (non-hydrogen) atoms. The third-order valence-corrected chi connectivity index (χ3v) is 2.67. The zero-order chi connectivity index (χ0) is 13.5. The fourth-order valence-electron chi connectivity index (χ4n) is 1.82. The minimum Gasteiger partial charge on any atom is -0.383 e. The highest BCUT2D eigenvalue weighted by Crippen LogP contribution is 2.39. The molecule has 2 rings (SSSR count). The van der Waals surface area contributed by atoms with Crippen molar-refractivity contribution in [1.29, 1.82) is 0 Å². The monoisotopic (exact) mass is 255 g/mol. The lowest BCUT2D eigenvalue weighted by molar-refractivity contribution is -0.140. The smallest absolute Gasteiger partial charge is 0.383 e. The summed E-state index contributed by atoms with van der Waals surface area (Å²) in [6.45, 7) is 1.81. The second-order valence-electron chi connectivity index (χ2n) is 4.10. The van der Waals surface area contributed by atoms with Crippen molar-refractivity contribution in [1.82, 2.24) is 9.78 Å². The average Bonchev–Trinajstić information content (AvgIpc) is 2.55. The van der Waals surface area contributed by atoms with E-state index in [2.05, 4.69) is 5.10 Å². The number of halogens is 3. The van der Waals surface area contributed by atoms with Crippen LogP contribution in [0, 0.1) is 6.92 Å². The van der Waals surface area contributed by atoms with Crippen LogP contribution in [0.25, 0.3) is 11.1 Å². The van der Waals surface area contributed by atoms with Gasteiger partial charge in [-0.2, -0.15) is 18.3 Å². The standard InChI is InChI=1S/C12H12F3N3/c1-7-4-3-5-8(6-7)9-10(12(13,14)15)17-18(2)11(9)16/h3-6H,16H2,1-2H3. The maximum absolute atomic E-state index is 12.9. The first-order chi connectivity index (χ1) is 8.30. The van der Waals surface area contributed by atoms with Crippen molar-refractivity contribution in [2.24, 2.45) is 7.05 Å². The summed E-state index contributed by atoms with van der Waals surface area (Å²) < 4.78 is 39.7. The number of rotatable bonds is 1. The molecule has 0 atom stereocenters. The van der Waals surface area contributed by atoms with E-state index in [9.17, 15) is 13.2 Å². The molecular weight excluding hydrogens is 243 g/mol. The zero-order valence-corrected chi connectivity index (χ0v) is 9.92. The van der Waals surface area contributed by atoms with Gasteiger partial charge in [0.1, 0.15) is 5.82 Å². The highest BCUT2D eigenvalue weighted by Gasteiger charge is 2.38. The Bertz CT molecular complexity index is 585. The number of aryl methyl sites for hydroxylation is 2. The first-order valence-electron chi connectivity index (χ1n) is 5.27. The molecule has 3 nitrogen and oxygen atoms in total. The van der Waals surface area contributed by atoms with E-state index in [0.29, 0.717) is 5.56 Å². The van der Waals surface area contributed by atoms with Crippen molar-refractivity contribution < 1.29 is 13.2 Å². The third-order valence-electron chi connectivity index (χ3n) is 2.67. The van der Waals surface area contributed by atoms with Gasteiger partial charge in [-0.25, -0.2) is 0 Å². The van der Waals surface area contributed by atoms with Gasteiger partial charge in [-0.3, -0.25) is 4.68 Å². The number of hydrogen-bond donors (Lipinski definition) is 1. The Morgan fingerprint density at radius 1 is 1.28 bits per heavy atom. The maximum atomic E-state index is 12.9. The van der Waals surface area contributed by atoms with Crippen molar-refractivity contribution in [3.05, 3.63) is 35.5 Å². The van der Waals surface area contributed by atoms with Gasteiger partial charge in [0.15, 0.2) is 5.69 Å². The Kier molecular flexibility index (Phi) is 2.80. The summed E-state index contributed by atoms with van der Waals surface area (Å²) in [6, 6.07) is 6.75. The lowest BCUT2D eigenvalue weighted by Gasteiger charge is -2.07. The summed E-state index contributed by atoms with van der Waals surface area (Å²) in [7, 11) is 1.39. The van der Waals surface area contributed by atoms with Gasteiger partial charge in [0.2, 0.25) is 0 Å². The summed E-state index contributed by atoms with van der Waals surface area (Å²) in [4.78, 5) is 0. The fraction of sp³-hybridized carbons (Fsp3) is 0.250. The molecule has 0 saturated carbocycles. The first-order valence-corrected chi connectivity index (χ1v) is 5.27. The molecule has 6 heteroatoms. The van der Waals surface area contributed by atoms with Crippen LogP contribution < -0.4 is 5.73 Å². The summed E-state index contributed by atoms with van der Waals surface area (Å²) >= 11 is 0. The normalized spacial score (nSPS) is 11.8. The highest BCUT2D eigenvalue weighted by atomic mass is 19.4. The molecule has 0 aliphatic carbocycles. The van der Waals surface area contributed by atoms with Gasteiger partial charge in [-0.05, 0) is 12.5 Å². The second-order valence-corrected chi connectivity index (χ2v) is 4.10. The highest BCUT2D eigenvalue weighted by molar-refractivity contribution is 5.77. The molecule has 0 unspecified atom stereocenters. The molecule has 0 fully saturated rings. The summed E-state index contributed by atoms with van der Waals surface area (Å²) in [5.74, 6) is 0.00734. The van der Waals surface area contributed by atoms with Gasteiger partial charge in [-0.15, -0.1) is 0 Å². The molecular formula is C12H12F3N3. The number of hydrogen-bond acceptors (Lipinski definition) is 2. The largest absolute Gasteiger partial charge is 0.435 e. The maximum Gasteiger partial charge on any atom is 0.435 e. The van der Waals surface area contributed by atoms with Crippen LogP contribution in [0.1, 0.15) is 11.3 Å². The Labute approximate surface area is 102 Å². The van der Waals surface area contributed by atoms with Crippen LogP contribution in [-0.4, -0.2) is 9.78 Å². The van der Waals surface area contributed by atoms with Crippen LogP contribution in [-0.2, 0) is 13.2 Å². The quantitative estimate of drug-likeness (QED) is 0.851. The van der Waals surface area contributed by atoms with E-state index in [0.717, 1.165) is 10.2 Å². The van der Waals surface area contributed by atoms with Gasteiger partial charge in [0.05, 0.1) is 5.56 Å². The van der Waals surface area contributed by atoms with E-state index in [1.54, 1.807) is 18.2 Å². The van der Waals surface area contributed by atoms with Crippen molar-refractivity contribution in [3.63, 3.8) is 0 Å². The molecule has 0 bridgehead atoms. The van der Waals surface area contributed by atoms with Gasteiger partial charge in [0.25, 0.3) is 0 Å². The number of nitrogens with two attached hydrogens (primary N) is 1. The minimum absolute atomic E-state index is 0.00734. The number of nitrogen functional groups attached to an aromatic ring is 1. The molecule has 0 radical (unpaired) electrons. The number of benzene rings is 1. The predicted molar refractivity (Wildman–Crippen MR) is 62.8 cm³/mol. The van der Waals surface area contributed by atoms with Crippen LogP contribution in [0.4, 0.5) is 19.0 Å². The number of aromatic nitrogens is 2. The van der Waals surface area contributed by atoms with Gasteiger partial charge >= 0.3 is 6.18 Å². The molecule has 1 heterocycles. The number of nitrogens with zero attached hydrogens (tertiary/aromatic N) is 2. The molecule has 1 aromatic carbocycles. The van der Waals surface area contributed by atoms with E-state index in [1.807, 2.05) is 13.0 Å². The summed E-state index contributed by atoms with van der Waals surface area (Å²) in [5.41, 5.74) is 5.96. The molecule has 0 spiro atoms. The predicted octanol–water partition coefficient (Wildman–Crippen LogP) is 3.00. The van der Waals surface area contributed by atoms with Gasteiger partial charge < -0.3 is 5.73 Å². The third kappa shape index (κ3) is 2.05. The molecule has 2 aromatic rings. The first kappa shape index (κ1) is 12.5. The lowest BCUT2D eigenvalue weighted by Crippen LogP contribution is -2.08. The Hall–Kier alpha value is -1.98.